The van der Waals surface area contributed by atoms with Gasteiger partial charge in [0.1, 0.15) is 11.5 Å². The van der Waals surface area contributed by atoms with Crippen molar-refractivity contribution in [1.82, 2.24) is 15.0 Å². The Labute approximate surface area is 98.1 Å². The van der Waals surface area contributed by atoms with Crippen molar-refractivity contribution in [1.29, 1.82) is 0 Å². The van der Waals surface area contributed by atoms with Crippen LogP contribution in [0.25, 0.3) is 22.6 Å². The van der Waals surface area contributed by atoms with E-state index in [9.17, 15) is 0 Å². The SMILES string of the molecule is CN(C)c1nc(-c2ccco2)nc2[nH]ccc12. The van der Waals surface area contributed by atoms with Crippen LogP contribution >= 0.6 is 0 Å². The summed E-state index contributed by atoms with van der Waals surface area (Å²) < 4.78 is 5.32. The predicted molar refractivity (Wildman–Crippen MR) is 65.9 cm³/mol. The van der Waals surface area contributed by atoms with Crippen LogP contribution in [0.3, 0.4) is 0 Å². The van der Waals surface area contributed by atoms with Gasteiger partial charge >= 0.3 is 0 Å². The van der Waals surface area contributed by atoms with Crippen molar-refractivity contribution < 1.29 is 4.42 Å². The Morgan fingerprint density at radius 2 is 2.12 bits per heavy atom. The molecule has 3 aromatic rings. The minimum Gasteiger partial charge on any atom is -0.461 e. The highest BCUT2D eigenvalue weighted by Crippen LogP contribution is 2.25. The van der Waals surface area contributed by atoms with Crippen LogP contribution < -0.4 is 4.90 Å². The summed E-state index contributed by atoms with van der Waals surface area (Å²) in [5.41, 5.74) is 0.815. The molecule has 17 heavy (non-hydrogen) atoms. The molecule has 0 radical (unpaired) electrons. The van der Waals surface area contributed by atoms with Crippen LogP contribution in [-0.2, 0) is 0 Å². The van der Waals surface area contributed by atoms with Crippen molar-refractivity contribution in [3.8, 4) is 11.6 Å². The van der Waals surface area contributed by atoms with Crippen LogP contribution in [0.1, 0.15) is 0 Å². The maximum Gasteiger partial charge on any atom is 0.199 e. The quantitative estimate of drug-likeness (QED) is 0.731. The molecule has 0 saturated heterocycles. The lowest BCUT2D eigenvalue weighted by molar-refractivity contribution is 0.577. The lowest BCUT2D eigenvalue weighted by Crippen LogP contribution is -2.12. The van der Waals surface area contributed by atoms with Crippen molar-refractivity contribution in [2.45, 2.75) is 0 Å². The van der Waals surface area contributed by atoms with Crippen molar-refractivity contribution >= 4 is 16.9 Å². The fraction of sp³-hybridized carbons (Fsp3) is 0.167. The van der Waals surface area contributed by atoms with Gasteiger partial charge in [0.15, 0.2) is 11.6 Å². The number of hydrogen-bond acceptors (Lipinski definition) is 4. The number of aromatic amines is 1. The summed E-state index contributed by atoms with van der Waals surface area (Å²) in [5, 5.41) is 1.00. The molecule has 0 unspecified atom stereocenters. The Morgan fingerprint density at radius 3 is 2.82 bits per heavy atom. The standard InChI is InChI=1S/C12H12N4O/c1-16(2)12-8-5-6-13-10(8)14-11(15-12)9-4-3-7-17-9/h3-7H,1-2H3,(H,13,14,15). The van der Waals surface area contributed by atoms with Gasteiger partial charge in [0.05, 0.1) is 11.6 Å². The molecular formula is C12H12N4O. The predicted octanol–water partition coefficient (Wildman–Crippen LogP) is 2.28. The Balaban J connectivity index is 2.27. The van der Waals surface area contributed by atoms with Gasteiger partial charge in [-0.3, -0.25) is 0 Å². The Hall–Kier alpha value is -2.30. The largest absolute Gasteiger partial charge is 0.461 e. The first-order valence-electron chi connectivity index (χ1n) is 5.32. The molecule has 0 spiro atoms. The van der Waals surface area contributed by atoms with Gasteiger partial charge in [0, 0.05) is 20.3 Å². The van der Waals surface area contributed by atoms with E-state index in [0.29, 0.717) is 11.6 Å². The number of furan rings is 1. The van der Waals surface area contributed by atoms with E-state index in [2.05, 4.69) is 15.0 Å². The molecule has 3 heterocycles. The van der Waals surface area contributed by atoms with E-state index >= 15 is 0 Å². The van der Waals surface area contributed by atoms with Crippen molar-refractivity contribution in [3.63, 3.8) is 0 Å². The van der Waals surface area contributed by atoms with E-state index in [1.807, 2.05) is 43.4 Å². The number of hydrogen-bond donors (Lipinski definition) is 1. The first kappa shape index (κ1) is 9.89. The highest BCUT2D eigenvalue weighted by atomic mass is 16.3. The summed E-state index contributed by atoms with van der Waals surface area (Å²) in [6, 6.07) is 5.65. The van der Waals surface area contributed by atoms with Gasteiger partial charge in [0.25, 0.3) is 0 Å². The number of fused-ring (bicyclic) bond motifs is 1. The Kier molecular flexibility index (Phi) is 2.11. The van der Waals surface area contributed by atoms with Gasteiger partial charge < -0.3 is 14.3 Å². The van der Waals surface area contributed by atoms with Crippen LogP contribution in [0.2, 0.25) is 0 Å². The minimum atomic E-state index is 0.591. The average molecular weight is 228 g/mol. The molecule has 0 saturated carbocycles. The monoisotopic (exact) mass is 228 g/mol. The highest BCUT2D eigenvalue weighted by molar-refractivity contribution is 5.88. The van der Waals surface area contributed by atoms with Crippen LogP contribution in [0.4, 0.5) is 5.82 Å². The van der Waals surface area contributed by atoms with E-state index in [0.717, 1.165) is 16.9 Å². The number of anilines is 1. The summed E-state index contributed by atoms with van der Waals surface area (Å²) in [7, 11) is 3.92. The third-order valence-electron chi connectivity index (χ3n) is 2.56. The highest BCUT2D eigenvalue weighted by Gasteiger charge is 2.12. The van der Waals surface area contributed by atoms with Gasteiger partial charge in [0.2, 0.25) is 0 Å². The van der Waals surface area contributed by atoms with Gasteiger partial charge in [-0.05, 0) is 18.2 Å². The van der Waals surface area contributed by atoms with Gasteiger partial charge in [-0.15, -0.1) is 0 Å². The summed E-state index contributed by atoms with van der Waals surface area (Å²) in [6.45, 7) is 0. The summed E-state index contributed by atoms with van der Waals surface area (Å²) >= 11 is 0. The lowest BCUT2D eigenvalue weighted by atomic mass is 10.3. The number of H-pyrrole nitrogens is 1. The maximum atomic E-state index is 5.32. The minimum absolute atomic E-state index is 0.591. The molecule has 5 heteroatoms. The van der Waals surface area contributed by atoms with Crippen LogP contribution in [-0.4, -0.2) is 29.0 Å². The second-order valence-corrected chi connectivity index (χ2v) is 3.98. The lowest BCUT2D eigenvalue weighted by Gasteiger charge is -2.12. The zero-order valence-corrected chi connectivity index (χ0v) is 9.64. The molecule has 0 aliphatic carbocycles. The van der Waals surface area contributed by atoms with E-state index in [1.165, 1.54) is 0 Å². The zero-order chi connectivity index (χ0) is 11.8. The molecule has 0 aliphatic heterocycles. The molecule has 0 amide bonds. The fourth-order valence-electron chi connectivity index (χ4n) is 1.78. The third kappa shape index (κ3) is 1.56. The fourth-order valence-corrected chi connectivity index (χ4v) is 1.78. The number of rotatable bonds is 2. The van der Waals surface area contributed by atoms with Gasteiger partial charge in [-0.25, -0.2) is 9.97 Å². The second-order valence-electron chi connectivity index (χ2n) is 3.98. The first-order chi connectivity index (χ1) is 8.25. The van der Waals surface area contributed by atoms with Crippen LogP contribution in [0.15, 0.2) is 35.1 Å². The molecule has 1 N–H and O–H groups in total. The summed E-state index contributed by atoms with van der Waals surface area (Å²) in [5.74, 6) is 2.14. The molecule has 0 fully saturated rings. The topological polar surface area (TPSA) is 58.0 Å². The van der Waals surface area contributed by atoms with E-state index in [4.69, 9.17) is 4.42 Å². The molecule has 3 aromatic heterocycles. The third-order valence-corrected chi connectivity index (χ3v) is 2.56. The second kappa shape index (κ2) is 3.62. The number of aromatic nitrogens is 3. The van der Waals surface area contributed by atoms with Crippen molar-refractivity contribution in [3.05, 3.63) is 30.7 Å². The van der Waals surface area contributed by atoms with Gasteiger partial charge in [-0.2, -0.15) is 0 Å². The first-order valence-corrected chi connectivity index (χ1v) is 5.32. The Bertz CT molecular complexity index is 640. The van der Waals surface area contributed by atoms with Crippen molar-refractivity contribution in [2.75, 3.05) is 19.0 Å². The zero-order valence-electron chi connectivity index (χ0n) is 9.64. The van der Waals surface area contributed by atoms with Gasteiger partial charge in [-0.1, -0.05) is 0 Å². The van der Waals surface area contributed by atoms with E-state index in [1.54, 1.807) is 6.26 Å². The normalized spacial score (nSPS) is 10.9. The molecule has 0 atom stereocenters. The molecule has 0 aromatic carbocycles. The molecule has 3 rings (SSSR count). The number of nitrogens with one attached hydrogen (secondary N) is 1. The molecule has 5 nitrogen and oxygen atoms in total. The molecule has 0 bridgehead atoms. The van der Waals surface area contributed by atoms with E-state index in [-0.39, 0.29) is 0 Å². The van der Waals surface area contributed by atoms with Crippen molar-refractivity contribution in [2.24, 2.45) is 0 Å². The van der Waals surface area contributed by atoms with Crippen LogP contribution in [0, 0.1) is 0 Å². The average Bonchev–Trinajstić information content (AvgIpc) is 2.98. The molecule has 0 aliphatic rings. The number of nitrogens with zero attached hydrogens (tertiary/aromatic N) is 3. The summed E-state index contributed by atoms with van der Waals surface area (Å²) in [6.07, 6.45) is 3.48. The van der Waals surface area contributed by atoms with Crippen LogP contribution in [0.5, 0.6) is 0 Å². The molecule has 86 valence electrons. The maximum absolute atomic E-state index is 5.32. The Morgan fingerprint density at radius 1 is 1.24 bits per heavy atom. The molecular weight excluding hydrogens is 216 g/mol. The van der Waals surface area contributed by atoms with E-state index < -0.39 is 0 Å². The summed E-state index contributed by atoms with van der Waals surface area (Å²) in [4.78, 5) is 14.0. The smallest absolute Gasteiger partial charge is 0.199 e.